The molecule has 0 heterocycles. The molecular formula is C15H25N. The summed E-state index contributed by atoms with van der Waals surface area (Å²) in [5.41, 5.74) is 8.73. The fraction of sp³-hybridized carbons (Fsp3) is 0.600. The van der Waals surface area contributed by atoms with Gasteiger partial charge in [0.15, 0.2) is 0 Å². The molecule has 0 amide bonds. The van der Waals surface area contributed by atoms with Crippen LogP contribution in [0.1, 0.15) is 37.8 Å². The summed E-state index contributed by atoms with van der Waals surface area (Å²) < 4.78 is 0. The molecule has 16 heavy (non-hydrogen) atoms. The van der Waals surface area contributed by atoms with Crippen molar-refractivity contribution in [2.45, 2.75) is 40.0 Å². The predicted octanol–water partition coefficient (Wildman–Crippen LogP) is 3.55. The minimum absolute atomic E-state index is 0.635. The molecule has 0 aliphatic heterocycles. The quantitative estimate of drug-likeness (QED) is 0.778. The molecule has 0 aliphatic carbocycles. The number of rotatable bonds is 6. The topological polar surface area (TPSA) is 26.0 Å². The average Bonchev–Trinajstić information content (AvgIpc) is 2.30. The van der Waals surface area contributed by atoms with E-state index >= 15 is 0 Å². The van der Waals surface area contributed by atoms with Gasteiger partial charge in [0, 0.05) is 0 Å². The highest BCUT2D eigenvalue weighted by Gasteiger charge is 2.12. The monoisotopic (exact) mass is 219 g/mol. The lowest BCUT2D eigenvalue weighted by Crippen LogP contribution is -2.19. The van der Waals surface area contributed by atoms with Crippen molar-refractivity contribution in [3.8, 4) is 0 Å². The highest BCUT2D eigenvalue weighted by Crippen LogP contribution is 2.20. The van der Waals surface area contributed by atoms with Gasteiger partial charge < -0.3 is 5.73 Å². The molecule has 0 fully saturated rings. The van der Waals surface area contributed by atoms with Gasteiger partial charge in [-0.2, -0.15) is 0 Å². The Morgan fingerprint density at radius 1 is 1.25 bits per heavy atom. The number of hydrogen-bond acceptors (Lipinski definition) is 1. The van der Waals surface area contributed by atoms with Gasteiger partial charge in [-0.1, -0.05) is 44.5 Å². The minimum atomic E-state index is 0.635. The molecule has 2 atom stereocenters. The summed E-state index contributed by atoms with van der Waals surface area (Å²) >= 11 is 0. The van der Waals surface area contributed by atoms with E-state index in [4.69, 9.17) is 5.73 Å². The van der Waals surface area contributed by atoms with Crippen LogP contribution in [0.2, 0.25) is 0 Å². The summed E-state index contributed by atoms with van der Waals surface area (Å²) in [5, 5.41) is 0. The van der Waals surface area contributed by atoms with E-state index in [9.17, 15) is 0 Å². The van der Waals surface area contributed by atoms with E-state index in [0.717, 1.165) is 18.9 Å². The Hall–Kier alpha value is -0.820. The Morgan fingerprint density at radius 3 is 2.50 bits per heavy atom. The van der Waals surface area contributed by atoms with E-state index < -0.39 is 0 Å². The summed E-state index contributed by atoms with van der Waals surface area (Å²) in [5.74, 6) is 1.42. The largest absolute Gasteiger partial charge is 0.330 e. The van der Waals surface area contributed by atoms with Crippen LogP contribution in [-0.2, 0) is 6.42 Å². The molecule has 0 saturated heterocycles. The molecule has 1 aromatic carbocycles. The molecule has 0 spiro atoms. The van der Waals surface area contributed by atoms with Gasteiger partial charge in [0.1, 0.15) is 0 Å². The van der Waals surface area contributed by atoms with Crippen molar-refractivity contribution in [2.24, 2.45) is 17.6 Å². The molecule has 1 aromatic rings. The van der Waals surface area contributed by atoms with Crippen molar-refractivity contribution in [1.82, 2.24) is 0 Å². The van der Waals surface area contributed by atoms with Crippen LogP contribution in [0.15, 0.2) is 24.3 Å². The van der Waals surface area contributed by atoms with Gasteiger partial charge in [0.2, 0.25) is 0 Å². The first-order valence-corrected chi connectivity index (χ1v) is 6.41. The van der Waals surface area contributed by atoms with Crippen LogP contribution < -0.4 is 5.73 Å². The van der Waals surface area contributed by atoms with Crippen molar-refractivity contribution >= 4 is 0 Å². The Bertz CT molecular complexity index is 306. The molecule has 2 N–H and O–H groups in total. The Balaban J connectivity index is 2.60. The molecule has 0 saturated carbocycles. The third-order valence-corrected chi connectivity index (χ3v) is 3.54. The van der Waals surface area contributed by atoms with Crippen LogP contribution in [-0.4, -0.2) is 6.54 Å². The van der Waals surface area contributed by atoms with Gasteiger partial charge in [-0.3, -0.25) is 0 Å². The molecule has 2 unspecified atom stereocenters. The van der Waals surface area contributed by atoms with Crippen molar-refractivity contribution in [3.05, 3.63) is 35.4 Å². The van der Waals surface area contributed by atoms with E-state index in [1.165, 1.54) is 24.0 Å². The van der Waals surface area contributed by atoms with E-state index in [0.29, 0.717) is 5.92 Å². The molecular weight excluding hydrogens is 194 g/mol. The van der Waals surface area contributed by atoms with Gasteiger partial charge in [0.25, 0.3) is 0 Å². The number of aryl methyl sites for hydroxylation is 1. The number of nitrogens with two attached hydrogens (primary N) is 1. The zero-order chi connectivity index (χ0) is 12.0. The Labute approximate surface area is 100 Å². The summed E-state index contributed by atoms with van der Waals surface area (Å²) in [6.45, 7) is 7.57. The van der Waals surface area contributed by atoms with Crippen LogP contribution in [0, 0.1) is 18.8 Å². The standard InChI is InChI=1S/C15H25N/c1-4-12(2)9-14(11-16)10-15-8-6-5-7-13(15)3/h5-8,12,14H,4,9-11,16H2,1-3H3. The third-order valence-electron chi connectivity index (χ3n) is 3.54. The molecule has 0 aromatic heterocycles. The van der Waals surface area contributed by atoms with Crippen molar-refractivity contribution in [1.29, 1.82) is 0 Å². The highest BCUT2D eigenvalue weighted by molar-refractivity contribution is 5.25. The maximum Gasteiger partial charge on any atom is -0.00456 e. The normalized spacial score (nSPS) is 14.8. The first-order chi connectivity index (χ1) is 7.67. The lowest BCUT2D eigenvalue weighted by molar-refractivity contribution is 0.386. The zero-order valence-corrected chi connectivity index (χ0v) is 10.9. The molecule has 0 bridgehead atoms. The van der Waals surface area contributed by atoms with E-state index in [-0.39, 0.29) is 0 Å². The second kappa shape index (κ2) is 6.70. The molecule has 90 valence electrons. The molecule has 1 heteroatoms. The van der Waals surface area contributed by atoms with Gasteiger partial charge in [-0.25, -0.2) is 0 Å². The third kappa shape index (κ3) is 3.97. The van der Waals surface area contributed by atoms with Crippen molar-refractivity contribution < 1.29 is 0 Å². The smallest absolute Gasteiger partial charge is 0.00456 e. The van der Waals surface area contributed by atoms with Crippen molar-refractivity contribution in [2.75, 3.05) is 6.54 Å². The maximum atomic E-state index is 5.87. The fourth-order valence-corrected chi connectivity index (χ4v) is 2.15. The average molecular weight is 219 g/mol. The zero-order valence-electron chi connectivity index (χ0n) is 10.9. The summed E-state index contributed by atoms with van der Waals surface area (Å²) in [4.78, 5) is 0. The van der Waals surface area contributed by atoms with Crippen LogP contribution >= 0.6 is 0 Å². The predicted molar refractivity (Wildman–Crippen MR) is 71.5 cm³/mol. The van der Waals surface area contributed by atoms with Crippen LogP contribution in [0.4, 0.5) is 0 Å². The second-order valence-electron chi connectivity index (χ2n) is 4.98. The molecule has 1 nitrogen and oxygen atoms in total. The maximum absolute atomic E-state index is 5.87. The fourth-order valence-electron chi connectivity index (χ4n) is 2.15. The SMILES string of the molecule is CCC(C)CC(CN)Cc1ccccc1C. The van der Waals surface area contributed by atoms with Gasteiger partial charge in [-0.05, 0) is 49.3 Å². The first-order valence-electron chi connectivity index (χ1n) is 6.41. The summed E-state index contributed by atoms with van der Waals surface area (Å²) in [7, 11) is 0. The van der Waals surface area contributed by atoms with E-state index in [2.05, 4.69) is 45.0 Å². The van der Waals surface area contributed by atoms with Crippen LogP contribution in [0.3, 0.4) is 0 Å². The summed E-state index contributed by atoms with van der Waals surface area (Å²) in [6.07, 6.45) is 3.64. The lowest BCUT2D eigenvalue weighted by atomic mass is 9.88. The van der Waals surface area contributed by atoms with E-state index in [1.807, 2.05) is 0 Å². The minimum Gasteiger partial charge on any atom is -0.330 e. The number of hydrogen-bond donors (Lipinski definition) is 1. The highest BCUT2D eigenvalue weighted by atomic mass is 14.5. The van der Waals surface area contributed by atoms with Gasteiger partial charge in [0.05, 0.1) is 0 Å². The lowest BCUT2D eigenvalue weighted by Gasteiger charge is -2.19. The number of benzene rings is 1. The Kier molecular flexibility index (Phi) is 5.54. The van der Waals surface area contributed by atoms with Gasteiger partial charge >= 0.3 is 0 Å². The van der Waals surface area contributed by atoms with E-state index in [1.54, 1.807) is 0 Å². The molecule has 0 radical (unpaired) electrons. The second-order valence-corrected chi connectivity index (χ2v) is 4.98. The van der Waals surface area contributed by atoms with Crippen LogP contribution in [0.25, 0.3) is 0 Å². The van der Waals surface area contributed by atoms with Crippen LogP contribution in [0.5, 0.6) is 0 Å². The first kappa shape index (κ1) is 13.2. The van der Waals surface area contributed by atoms with Crippen molar-refractivity contribution in [3.63, 3.8) is 0 Å². The Morgan fingerprint density at radius 2 is 1.94 bits per heavy atom. The molecule has 1 rings (SSSR count). The summed E-state index contributed by atoms with van der Waals surface area (Å²) in [6, 6.07) is 8.64. The van der Waals surface area contributed by atoms with Gasteiger partial charge in [-0.15, -0.1) is 0 Å². The molecule has 0 aliphatic rings.